The molecular weight excluding hydrogens is 320 g/mol. The number of rotatable bonds is 3. The van der Waals surface area contributed by atoms with Crippen LogP contribution in [0.4, 0.5) is 0 Å². The summed E-state index contributed by atoms with van der Waals surface area (Å²) in [7, 11) is 2.22. The Kier molecular flexibility index (Phi) is 3.94. The van der Waals surface area contributed by atoms with Gasteiger partial charge in [0.05, 0.1) is 7.05 Å². The molecule has 1 aliphatic rings. The van der Waals surface area contributed by atoms with Crippen LogP contribution in [-0.2, 0) is 13.0 Å². The van der Waals surface area contributed by atoms with E-state index >= 15 is 0 Å². The van der Waals surface area contributed by atoms with Crippen LogP contribution in [0.15, 0.2) is 35.1 Å². The first-order valence-corrected chi connectivity index (χ1v) is 9.20. The van der Waals surface area contributed by atoms with Gasteiger partial charge in [-0.15, -0.1) is 0 Å². The molecule has 24 heavy (non-hydrogen) atoms. The lowest BCUT2D eigenvalue weighted by Gasteiger charge is -2.29. The fourth-order valence-electron chi connectivity index (χ4n) is 3.66. The molecule has 2 aromatic heterocycles. The van der Waals surface area contributed by atoms with Gasteiger partial charge in [0.25, 0.3) is 5.56 Å². The predicted molar refractivity (Wildman–Crippen MR) is 94.6 cm³/mol. The van der Waals surface area contributed by atoms with Crippen molar-refractivity contribution in [2.45, 2.75) is 38.8 Å². The highest BCUT2D eigenvalue weighted by molar-refractivity contribution is 7.16. The van der Waals surface area contributed by atoms with Crippen LogP contribution >= 0.6 is 11.3 Å². The van der Waals surface area contributed by atoms with Crippen molar-refractivity contribution in [1.82, 2.24) is 14.6 Å². The summed E-state index contributed by atoms with van der Waals surface area (Å²) in [6.45, 7) is 2.66. The number of hydrogen-bond acceptors (Lipinski definition) is 4. The molecule has 4 rings (SSSR count). The summed E-state index contributed by atoms with van der Waals surface area (Å²) in [6.07, 6.45) is 3.61. The van der Waals surface area contributed by atoms with Crippen LogP contribution in [0.1, 0.15) is 40.7 Å². The average molecular weight is 341 g/mol. The molecule has 2 heterocycles. The lowest BCUT2D eigenvalue weighted by atomic mass is 9.87. The first kappa shape index (κ1) is 15.5. The van der Waals surface area contributed by atoms with Gasteiger partial charge >= 0.3 is 0 Å². The third kappa shape index (κ3) is 2.76. The van der Waals surface area contributed by atoms with Crippen molar-refractivity contribution in [2.24, 2.45) is 0 Å². The third-order valence-electron chi connectivity index (χ3n) is 4.81. The Labute approximate surface area is 144 Å². The van der Waals surface area contributed by atoms with Crippen LogP contribution in [0.5, 0.6) is 0 Å². The summed E-state index contributed by atoms with van der Waals surface area (Å²) in [5.41, 5.74) is 3.59. The smallest absolute Gasteiger partial charge is 0.275 e. The SMILES string of the molecule is Cc1cc(=O)n2nc(C[NH+](C)[C@H]3CCCc4ccccc43)sc2n1. The first-order valence-electron chi connectivity index (χ1n) is 8.38. The summed E-state index contributed by atoms with van der Waals surface area (Å²) < 4.78 is 1.43. The fourth-order valence-corrected chi connectivity index (χ4v) is 4.70. The van der Waals surface area contributed by atoms with Crippen LogP contribution in [-0.4, -0.2) is 21.6 Å². The second-order valence-electron chi connectivity index (χ2n) is 6.59. The number of aryl methyl sites for hydroxylation is 2. The Morgan fingerprint density at radius 2 is 2.21 bits per heavy atom. The van der Waals surface area contributed by atoms with Crippen LogP contribution in [0.2, 0.25) is 0 Å². The van der Waals surface area contributed by atoms with Crippen molar-refractivity contribution >= 4 is 16.3 Å². The third-order valence-corrected chi connectivity index (χ3v) is 5.72. The zero-order chi connectivity index (χ0) is 16.7. The molecule has 0 aliphatic heterocycles. The topological polar surface area (TPSA) is 51.7 Å². The zero-order valence-electron chi connectivity index (χ0n) is 14.0. The van der Waals surface area contributed by atoms with Gasteiger partial charge in [0.1, 0.15) is 12.6 Å². The highest BCUT2D eigenvalue weighted by atomic mass is 32.1. The van der Waals surface area contributed by atoms with E-state index in [1.54, 1.807) is 0 Å². The number of fused-ring (bicyclic) bond motifs is 2. The summed E-state index contributed by atoms with van der Waals surface area (Å²) in [5, 5.41) is 5.45. The maximum atomic E-state index is 12.0. The second-order valence-corrected chi connectivity index (χ2v) is 7.63. The van der Waals surface area contributed by atoms with Crippen LogP contribution in [0.3, 0.4) is 0 Å². The van der Waals surface area contributed by atoms with Gasteiger partial charge in [-0.2, -0.15) is 9.61 Å². The Morgan fingerprint density at radius 1 is 1.38 bits per heavy atom. The first-order chi connectivity index (χ1) is 11.6. The maximum Gasteiger partial charge on any atom is 0.275 e. The van der Waals surface area contributed by atoms with E-state index in [4.69, 9.17) is 0 Å². The number of nitrogens with one attached hydrogen (secondary N) is 1. The van der Waals surface area contributed by atoms with Crippen LogP contribution in [0.25, 0.3) is 4.96 Å². The molecule has 0 amide bonds. The molecule has 1 aliphatic carbocycles. The van der Waals surface area contributed by atoms with E-state index in [1.807, 2.05) is 6.92 Å². The van der Waals surface area contributed by atoms with Gasteiger partial charge < -0.3 is 4.90 Å². The molecule has 0 saturated heterocycles. The van der Waals surface area contributed by atoms with E-state index in [0.717, 1.165) is 17.2 Å². The van der Waals surface area contributed by atoms with Gasteiger partial charge in [0, 0.05) is 23.7 Å². The molecule has 5 nitrogen and oxygen atoms in total. The van der Waals surface area contributed by atoms with E-state index in [1.165, 1.54) is 57.2 Å². The monoisotopic (exact) mass is 341 g/mol. The van der Waals surface area contributed by atoms with Crippen molar-refractivity contribution in [2.75, 3.05) is 7.05 Å². The van der Waals surface area contributed by atoms with Gasteiger partial charge in [0.15, 0.2) is 5.01 Å². The molecule has 1 unspecified atom stereocenters. The van der Waals surface area contributed by atoms with Crippen molar-refractivity contribution in [3.05, 3.63) is 62.5 Å². The number of hydrogen-bond donors (Lipinski definition) is 1. The number of nitrogens with zero attached hydrogens (tertiary/aromatic N) is 3. The molecule has 0 fully saturated rings. The molecule has 0 spiro atoms. The van der Waals surface area contributed by atoms with Gasteiger partial charge in [-0.05, 0) is 25.3 Å². The average Bonchev–Trinajstić information content (AvgIpc) is 2.97. The van der Waals surface area contributed by atoms with E-state index in [0.29, 0.717) is 11.0 Å². The van der Waals surface area contributed by atoms with E-state index in [-0.39, 0.29) is 5.56 Å². The molecule has 124 valence electrons. The Balaban J connectivity index is 1.62. The number of benzene rings is 1. The Hall–Kier alpha value is -2.05. The lowest BCUT2D eigenvalue weighted by molar-refractivity contribution is -0.926. The van der Waals surface area contributed by atoms with E-state index in [9.17, 15) is 4.79 Å². The van der Waals surface area contributed by atoms with Gasteiger partial charge in [-0.1, -0.05) is 35.6 Å². The standard InChI is InChI=1S/C18H20N4OS/c1-12-10-17(23)22-18(19-12)24-16(20-22)11-21(2)15-9-5-7-13-6-3-4-8-14(13)15/h3-4,6,8,10,15H,5,7,9,11H2,1-2H3/p+1/t15-/m0/s1. The second kappa shape index (κ2) is 6.11. The highest BCUT2D eigenvalue weighted by Gasteiger charge is 2.27. The van der Waals surface area contributed by atoms with Crippen LogP contribution < -0.4 is 10.5 Å². The number of aromatic nitrogens is 3. The van der Waals surface area contributed by atoms with Crippen molar-refractivity contribution in [3.8, 4) is 0 Å². The van der Waals surface area contributed by atoms with Crippen molar-refractivity contribution in [3.63, 3.8) is 0 Å². The maximum absolute atomic E-state index is 12.0. The van der Waals surface area contributed by atoms with Crippen LogP contribution in [0, 0.1) is 6.92 Å². The Bertz CT molecular complexity index is 946. The molecule has 0 bridgehead atoms. The molecule has 1 N–H and O–H groups in total. The largest absolute Gasteiger partial charge is 0.325 e. The Morgan fingerprint density at radius 3 is 3.08 bits per heavy atom. The van der Waals surface area contributed by atoms with E-state index < -0.39 is 0 Å². The number of quaternary nitrogens is 1. The minimum Gasteiger partial charge on any atom is -0.325 e. The van der Waals surface area contributed by atoms with Crippen molar-refractivity contribution in [1.29, 1.82) is 0 Å². The lowest BCUT2D eigenvalue weighted by Crippen LogP contribution is -3.08. The molecule has 1 aromatic carbocycles. The quantitative estimate of drug-likeness (QED) is 0.786. The van der Waals surface area contributed by atoms with Crippen molar-refractivity contribution < 1.29 is 4.90 Å². The molecule has 6 heteroatoms. The molecule has 0 radical (unpaired) electrons. The molecule has 0 saturated carbocycles. The minimum atomic E-state index is -0.0966. The summed E-state index contributed by atoms with van der Waals surface area (Å²) in [5.74, 6) is 0. The van der Waals surface area contributed by atoms with Gasteiger partial charge in [-0.25, -0.2) is 4.98 Å². The predicted octanol–water partition coefficient (Wildman–Crippen LogP) is 1.55. The summed E-state index contributed by atoms with van der Waals surface area (Å²) in [4.78, 5) is 18.6. The summed E-state index contributed by atoms with van der Waals surface area (Å²) in [6, 6.07) is 10.8. The molecule has 3 aromatic rings. The molecular formula is C18H21N4OS+. The van der Waals surface area contributed by atoms with Gasteiger partial charge in [-0.3, -0.25) is 4.79 Å². The van der Waals surface area contributed by atoms with E-state index in [2.05, 4.69) is 41.4 Å². The molecule has 2 atom stereocenters. The highest BCUT2D eigenvalue weighted by Crippen LogP contribution is 2.27. The van der Waals surface area contributed by atoms with Gasteiger partial charge in [0.2, 0.25) is 4.96 Å². The fraction of sp³-hybridized carbons (Fsp3) is 0.389. The minimum absolute atomic E-state index is 0.0966. The zero-order valence-corrected chi connectivity index (χ0v) is 14.8. The summed E-state index contributed by atoms with van der Waals surface area (Å²) >= 11 is 1.52. The normalized spacial score (nSPS) is 18.5.